The summed E-state index contributed by atoms with van der Waals surface area (Å²) in [5, 5.41) is 4.26. The van der Waals surface area contributed by atoms with Crippen molar-refractivity contribution in [2.75, 3.05) is 25.3 Å². The Bertz CT molecular complexity index is 751. The first-order valence-electron chi connectivity index (χ1n) is 9.55. The molecule has 29 heavy (non-hydrogen) atoms. The summed E-state index contributed by atoms with van der Waals surface area (Å²) < 4.78 is 32.5. The summed E-state index contributed by atoms with van der Waals surface area (Å²) in [6.07, 6.45) is -0.715. The number of aromatic nitrogens is 2. The lowest BCUT2D eigenvalue weighted by Crippen LogP contribution is -2.39. The normalized spacial score (nSPS) is 14.8. The lowest BCUT2D eigenvalue weighted by atomic mass is 10.2. The van der Waals surface area contributed by atoms with E-state index in [4.69, 9.17) is 14.2 Å². The number of anilines is 1. The molecular weight excluding hydrogens is 383 g/mol. The lowest BCUT2D eigenvalue weighted by Gasteiger charge is -2.26. The van der Waals surface area contributed by atoms with Gasteiger partial charge < -0.3 is 19.1 Å². The molecule has 0 saturated carbocycles. The number of amides is 2. The molecule has 1 aliphatic heterocycles. The number of hydrogen-bond donors (Lipinski definition) is 0. The highest BCUT2D eigenvalue weighted by Gasteiger charge is 2.33. The molecule has 0 atom stereocenters. The van der Waals surface area contributed by atoms with Crippen molar-refractivity contribution in [3.63, 3.8) is 0 Å². The molecule has 0 radical (unpaired) electrons. The third kappa shape index (κ3) is 6.06. The monoisotopic (exact) mass is 414 g/mol. The minimum atomic E-state index is -0.768. The summed E-state index contributed by atoms with van der Waals surface area (Å²) in [7, 11) is 1.39. The van der Waals surface area contributed by atoms with E-state index in [1.807, 2.05) is 0 Å². The fourth-order valence-electron chi connectivity index (χ4n) is 2.77. The molecule has 0 unspecified atom stereocenters. The van der Waals surface area contributed by atoms with Gasteiger partial charge in [-0.25, -0.2) is 18.9 Å². The van der Waals surface area contributed by atoms with Crippen LogP contribution in [0.1, 0.15) is 53.7 Å². The Morgan fingerprint density at radius 3 is 2.28 bits per heavy atom. The van der Waals surface area contributed by atoms with Crippen molar-refractivity contribution >= 4 is 18.0 Å². The highest BCUT2D eigenvalue weighted by atomic mass is 19.1. The Kier molecular flexibility index (Phi) is 6.77. The predicted molar refractivity (Wildman–Crippen MR) is 104 cm³/mol. The summed E-state index contributed by atoms with van der Waals surface area (Å²) in [5.41, 5.74) is -1.21. The van der Waals surface area contributed by atoms with Gasteiger partial charge in [0, 0.05) is 20.2 Å². The van der Waals surface area contributed by atoms with E-state index in [-0.39, 0.29) is 24.8 Å². The maximum absolute atomic E-state index is 15.3. The van der Waals surface area contributed by atoms with E-state index in [0.717, 1.165) is 4.90 Å². The number of carbonyl (C=O) groups is 2. The number of hydrogen-bond acceptors (Lipinski definition) is 6. The zero-order valence-corrected chi connectivity index (χ0v) is 18.2. The molecule has 0 spiro atoms. The molecule has 0 N–H and O–H groups in total. The van der Waals surface area contributed by atoms with Gasteiger partial charge in [0.15, 0.2) is 11.6 Å². The number of aryl methyl sites for hydroxylation is 1. The van der Waals surface area contributed by atoms with Crippen molar-refractivity contribution < 1.29 is 28.2 Å². The standard InChI is InChI=1S/C19H31FN4O5/c1-18(2,3)28-16(25)22-9-8-10-24-13(11-22)14(20)15(21-24)23(12-27-7)17(26)29-19(4,5)6/h8-12H2,1-7H3. The first-order chi connectivity index (χ1) is 13.3. The molecule has 2 rings (SSSR count). The highest BCUT2D eigenvalue weighted by molar-refractivity contribution is 5.86. The third-order valence-electron chi connectivity index (χ3n) is 3.89. The molecule has 0 bridgehead atoms. The first-order valence-corrected chi connectivity index (χ1v) is 9.55. The second kappa shape index (κ2) is 8.56. The molecule has 0 aliphatic carbocycles. The van der Waals surface area contributed by atoms with E-state index in [1.54, 1.807) is 41.5 Å². The number of halogens is 1. The van der Waals surface area contributed by atoms with Gasteiger partial charge in [0.2, 0.25) is 0 Å². The lowest BCUT2D eigenvalue weighted by molar-refractivity contribution is 0.0234. The van der Waals surface area contributed by atoms with Crippen LogP contribution in [-0.4, -0.2) is 58.5 Å². The van der Waals surface area contributed by atoms with Crippen LogP contribution in [0, 0.1) is 5.82 Å². The summed E-state index contributed by atoms with van der Waals surface area (Å²) in [5.74, 6) is -0.884. The van der Waals surface area contributed by atoms with Crippen LogP contribution in [0.3, 0.4) is 0 Å². The van der Waals surface area contributed by atoms with Crippen molar-refractivity contribution in [2.24, 2.45) is 0 Å². The summed E-state index contributed by atoms with van der Waals surface area (Å²) in [6, 6.07) is 0. The molecule has 164 valence electrons. The molecule has 2 amide bonds. The molecule has 1 aromatic rings. The van der Waals surface area contributed by atoms with Crippen LogP contribution < -0.4 is 4.90 Å². The predicted octanol–water partition coefficient (Wildman–Crippen LogP) is 3.51. The van der Waals surface area contributed by atoms with Crippen molar-refractivity contribution in [1.82, 2.24) is 14.7 Å². The largest absolute Gasteiger partial charge is 0.444 e. The quantitative estimate of drug-likeness (QED) is 0.704. The van der Waals surface area contributed by atoms with E-state index in [1.165, 1.54) is 16.7 Å². The van der Waals surface area contributed by atoms with Gasteiger partial charge in [0.25, 0.3) is 0 Å². The smallest absolute Gasteiger partial charge is 0.418 e. The summed E-state index contributed by atoms with van der Waals surface area (Å²) in [6.45, 7) is 11.1. The topological polar surface area (TPSA) is 86.1 Å². The summed E-state index contributed by atoms with van der Waals surface area (Å²) in [4.78, 5) is 27.4. The third-order valence-corrected chi connectivity index (χ3v) is 3.89. The van der Waals surface area contributed by atoms with E-state index in [9.17, 15) is 9.59 Å². The van der Waals surface area contributed by atoms with Gasteiger partial charge in [0.05, 0.1) is 12.2 Å². The molecule has 0 fully saturated rings. The van der Waals surface area contributed by atoms with Gasteiger partial charge in [0.1, 0.15) is 17.9 Å². The fraction of sp³-hybridized carbons (Fsp3) is 0.737. The van der Waals surface area contributed by atoms with Gasteiger partial charge in [-0.05, 0) is 48.0 Å². The van der Waals surface area contributed by atoms with E-state index in [0.29, 0.717) is 19.5 Å². The highest BCUT2D eigenvalue weighted by Crippen LogP contribution is 2.27. The van der Waals surface area contributed by atoms with Crippen LogP contribution in [0.4, 0.5) is 19.8 Å². The molecule has 10 heteroatoms. The van der Waals surface area contributed by atoms with Gasteiger partial charge in [-0.1, -0.05) is 0 Å². The van der Waals surface area contributed by atoms with Gasteiger partial charge in [-0.15, -0.1) is 0 Å². The van der Waals surface area contributed by atoms with E-state index >= 15 is 4.39 Å². The molecule has 0 saturated heterocycles. The average molecular weight is 414 g/mol. The number of nitrogens with zero attached hydrogens (tertiary/aromatic N) is 4. The first kappa shape index (κ1) is 22.9. The van der Waals surface area contributed by atoms with Gasteiger partial charge in [-0.2, -0.15) is 5.10 Å². The molecule has 2 heterocycles. The zero-order valence-electron chi connectivity index (χ0n) is 18.2. The number of methoxy groups -OCH3 is 1. The maximum atomic E-state index is 15.3. The van der Waals surface area contributed by atoms with E-state index < -0.39 is 29.2 Å². The summed E-state index contributed by atoms with van der Waals surface area (Å²) >= 11 is 0. The number of carbonyl (C=O) groups excluding carboxylic acids is 2. The molecule has 0 aromatic carbocycles. The minimum absolute atomic E-state index is 0.0110. The van der Waals surface area contributed by atoms with Crippen LogP contribution in [0.25, 0.3) is 0 Å². The van der Waals surface area contributed by atoms with Crippen molar-refractivity contribution in [2.45, 2.75) is 72.3 Å². The Hall–Kier alpha value is -2.36. The van der Waals surface area contributed by atoms with Crippen LogP contribution in [-0.2, 0) is 27.3 Å². The number of ether oxygens (including phenoxy) is 3. The molecule has 1 aromatic heterocycles. The molecule has 9 nitrogen and oxygen atoms in total. The number of rotatable bonds is 3. The zero-order chi connectivity index (χ0) is 22.0. The van der Waals surface area contributed by atoms with Crippen LogP contribution in [0.2, 0.25) is 0 Å². The maximum Gasteiger partial charge on any atom is 0.418 e. The molecule has 1 aliphatic rings. The average Bonchev–Trinajstić information content (AvgIpc) is 2.74. The Morgan fingerprint density at radius 1 is 1.10 bits per heavy atom. The fourth-order valence-corrected chi connectivity index (χ4v) is 2.77. The SMILES string of the molecule is COCN(C(=O)OC(C)(C)C)c1nn2c(c1F)CN(C(=O)OC(C)(C)C)CCC2. The van der Waals surface area contributed by atoms with E-state index in [2.05, 4.69) is 5.10 Å². The van der Waals surface area contributed by atoms with Crippen LogP contribution >= 0.6 is 0 Å². The van der Waals surface area contributed by atoms with Crippen LogP contribution in [0.15, 0.2) is 0 Å². The van der Waals surface area contributed by atoms with Crippen molar-refractivity contribution in [3.05, 3.63) is 11.5 Å². The van der Waals surface area contributed by atoms with Crippen molar-refractivity contribution in [3.8, 4) is 0 Å². The Balaban J connectivity index is 2.31. The molecular formula is C19H31FN4O5. The Morgan fingerprint density at radius 2 is 1.72 bits per heavy atom. The number of fused-ring (bicyclic) bond motifs is 1. The van der Waals surface area contributed by atoms with Crippen molar-refractivity contribution in [1.29, 1.82) is 0 Å². The second-order valence-corrected chi connectivity index (χ2v) is 8.89. The second-order valence-electron chi connectivity index (χ2n) is 8.89. The van der Waals surface area contributed by atoms with Gasteiger partial charge in [-0.3, -0.25) is 4.68 Å². The minimum Gasteiger partial charge on any atom is -0.444 e. The van der Waals surface area contributed by atoms with Gasteiger partial charge >= 0.3 is 12.2 Å². The van der Waals surface area contributed by atoms with Crippen LogP contribution in [0.5, 0.6) is 0 Å². The Labute approximate surface area is 170 Å².